The van der Waals surface area contributed by atoms with Gasteiger partial charge in [-0.25, -0.2) is 4.98 Å². The van der Waals surface area contributed by atoms with Gasteiger partial charge >= 0.3 is 0 Å². The summed E-state index contributed by atoms with van der Waals surface area (Å²) in [6.07, 6.45) is 9.56. The summed E-state index contributed by atoms with van der Waals surface area (Å²) in [6.45, 7) is 3.13. The van der Waals surface area contributed by atoms with Gasteiger partial charge in [0.1, 0.15) is 5.03 Å². The van der Waals surface area contributed by atoms with E-state index in [9.17, 15) is 0 Å². The van der Waals surface area contributed by atoms with Crippen LogP contribution in [0.25, 0.3) is 0 Å². The Labute approximate surface area is 114 Å². The number of likely N-dealkylation sites (N-methyl/N-ethyl adjacent to an activating group) is 1. The molecular weight excluding hydrogens is 244 g/mol. The Balaban J connectivity index is 1.87. The Hall–Kier alpha value is -0.650. The second-order valence-electron chi connectivity index (χ2n) is 4.86. The Morgan fingerprint density at radius 2 is 2.22 bits per heavy atom. The maximum atomic E-state index is 4.44. The van der Waals surface area contributed by atoms with Gasteiger partial charge < -0.3 is 5.32 Å². The van der Waals surface area contributed by atoms with Crippen molar-refractivity contribution in [1.82, 2.24) is 20.2 Å². The standard InChI is InChI=1S/C13H22N4S/c1-17(9-11-5-3-4-6-14-11)10-12-13(18-2)16-8-7-15-12/h7-8,11,14H,3-6,9-10H2,1-2H3. The van der Waals surface area contributed by atoms with E-state index in [1.165, 1.54) is 25.8 Å². The molecule has 100 valence electrons. The quantitative estimate of drug-likeness (QED) is 0.823. The SMILES string of the molecule is CSc1nccnc1CN(C)CC1CCCCN1. The molecule has 0 aliphatic carbocycles. The number of thioether (sulfide) groups is 1. The van der Waals surface area contributed by atoms with Crippen molar-refractivity contribution < 1.29 is 0 Å². The van der Waals surface area contributed by atoms with Crippen LogP contribution in [-0.4, -0.2) is 47.3 Å². The predicted octanol–water partition coefficient (Wildman–Crippen LogP) is 1.77. The minimum Gasteiger partial charge on any atom is -0.313 e. The van der Waals surface area contributed by atoms with Crippen LogP contribution in [0.1, 0.15) is 25.0 Å². The fraction of sp³-hybridized carbons (Fsp3) is 0.692. The summed E-state index contributed by atoms with van der Waals surface area (Å²) in [5.41, 5.74) is 1.09. The lowest BCUT2D eigenvalue weighted by Crippen LogP contribution is -2.42. The van der Waals surface area contributed by atoms with E-state index in [0.29, 0.717) is 6.04 Å². The molecular formula is C13H22N4S. The maximum absolute atomic E-state index is 4.44. The van der Waals surface area contributed by atoms with Gasteiger partial charge in [0.15, 0.2) is 0 Å². The molecule has 4 nitrogen and oxygen atoms in total. The monoisotopic (exact) mass is 266 g/mol. The second kappa shape index (κ2) is 7.07. The number of hydrogen-bond acceptors (Lipinski definition) is 5. The molecule has 0 saturated carbocycles. The van der Waals surface area contributed by atoms with Crippen molar-refractivity contribution in [2.75, 3.05) is 26.4 Å². The highest BCUT2D eigenvalue weighted by atomic mass is 32.2. The van der Waals surface area contributed by atoms with E-state index in [4.69, 9.17) is 0 Å². The highest BCUT2D eigenvalue weighted by molar-refractivity contribution is 7.98. The molecule has 2 heterocycles. The lowest BCUT2D eigenvalue weighted by atomic mass is 10.0. The van der Waals surface area contributed by atoms with Crippen LogP contribution < -0.4 is 5.32 Å². The number of piperidine rings is 1. The molecule has 0 bridgehead atoms. The van der Waals surface area contributed by atoms with E-state index in [1.54, 1.807) is 24.2 Å². The van der Waals surface area contributed by atoms with Crippen molar-refractivity contribution in [3.63, 3.8) is 0 Å². The zero-order chi connectivity index (χ0) is 12.8. The number of hydrogen-bond donors (Lipinski definition) is 1. The van der Waals surface area contributed by atoms with E-state index < -0.39 is 0 Å². The molecule has 1 N–H and O–H groups in total. The lowest BCUT2D eigenvalue weighted by molar-refractivity contribution is 0.252. The fourth-order valence-corrected chi connectivity index (χ4v) is 2.93. The fourth-order valence-electron chi connectivity index (χ4n) is 2.41. The smallest absolute Gasteiger partial charge is 0.119 e. The summed E-state index contributed by atoms with van der Waals surface area (Å²) in [4.78, 5) is 11.1. The van der Waals surface area contributed by atoms with Crippen LogP contribution >= 0.6 is 11.8 Å². The van der Waals surface area contributed by atoms with Crippen molar-refractivity contribution in [2.45, 2.75) is 36.9 Å². The number of nitrogens with one attached hydrogen (secondary N) is 1. The number of aromatic nitrogens is 2. The predicted molar refractivity (Wildman–Crippen MR) is 75.8 cm³/mol. The van der Waals surface area contributed by atoms with Gasteiger partial charge in [-0.05, 0) is 32.7 Å². The molecule has 2 rings (SSSR count). The largest absolute Gasteiger partial charge is 0.313 e. The molecule has 1 aliphatic rings. The first-order valence-corrected chi connectivity index (χ1v) is 7.78. The highest BCUT2D eigenvalue weighted by Crippen LogP contribution is 2.16. The van der Waals surface area contributed by atoms with Gasteiger partial charge in [-0.1, -0.05) is 6.42 Å². The normalized spacial score (nSPS) is 20.3. The minimum absolute atomic E-state index is 0.637. The van der Waals surface area contributed by atoms with Gasteiger partial charge in [-0.3, -0.25) is 9.88 Å². The van der Waals surface area contributed by atoms with E-state index in [1.807, 2.05) is 0 Å². The minimum atomic E-state index is 0.637. The molecule has 18 heavy (non-hydrogen) atoms. The third-order valence-electron chi connectivity index (χ3n) is 3.29. The van der Waals surface area contributed by atoms with E-state index in [-0.39, 0.29) is 0 Å². The Bertz CT molecular complexity index is 366. The van der Waals surface area contributed by atoms with Crippen molar-refractivity contribution >= 4 is 11.8 Å². The summed E-state index contributed by atoms with van der Waals surface area (Å²) in [5.74, 6) is 0. The average molecular weight is 266 g/mol. The number of nitrogens with zero attached hydrogens (tertiary/aromatic N) is 3. The molecule has 0 aromatic carbocycles. The first-order valence-electron chi connectivity index (χ1n) is 6.55. The Morgan fingerprint density at radius 1 is 1.39 bits per heavy atom. The van der Waals surface area contributed by atoms with Crippen LogP contribution in [0.2, 0.25) is 0 Å². The third kappa shape index (κ3) is 3.93. The second-order valence-corrected chi connectivity index (χ2v) is 5.65. The first kappa shape index (κ1) is 13.8. The molecule has 0 amide bonds. The summed E-state index contributed by atoms with van der Waals surface area (Å²) >= 11 is 1.67. The van der Waals surface area contributed by atoms with Gasteiger partial charge in [0.25, 0.3) is 0 Å². The van der Waals surface area contributed by atoms with Crippen molar-refractivity contribution in [3.8, 4) is 0 Å². The zero-order valence-corrected chi connectivity index (χ0v) is 12.0. The van der Waals surface area contributed by atoms with Gasteiger partial charge in [-0.2, -0.15) is 0 Å². The molecule has 1 aliphatic heterocycles. The molecule has 1 aromatic rings. The molecule has 5 heteroatoms. The molecule has 0 radical (unpaired) electrons. The molecule has 1 atom stereocenters. The molecule has 1 saturated heterocycles. The zero-order valence-electron chi connectivity index (χ0n) is 11.2. The van der Waals surface area contributed by atoms with Crippen LogP contribution in [-0.2, 0) is 6.54 Å². The molecule has 1 fully saturated rings. The van der Waals surface area contributed by atoms with Gasteiger partial charge in [-0.15, -0.1) is 11.8 Å². The van der Waals surface area contributed by atoms with E-state index in [2.05, 4.69) is 33.5 Å². The van der Waals surface area contributed by atoms with Crippen LogP contribution in [0.5, 0.6) is 0 Å². The highest BCUT2D eigenvalue weighted by Gasteiger charge is 2.15. The van der Waals surface area contributed by atoms with Gasteiger partial charge in [0.05, 0.1) is 5.69 Å². The maximum Gasteiger partial charge on any atom is 0.119 e. The molecule has 1 aromatic heterocycles. The summed E-state index contributed by atoms with van der Waals surface area (Å²) < 4.78 is 0. The van der Waals surface area contributed by atoms with Crippen molar-refractivity contribution in [3.05, 3.63) is 18.1 Å². The molecule has 1 unspecified atom stereocenters. The Kier molecular flexibility index (Phi) is 5.41. The van der Waals surface area contributed by atoms with Gasteiger partial charge in [0.2, 0.25) is 0 Å². The van der Waals surface area contributed by atoms with Gasteiger partial charge in [0, 0.05) is 31.5 Å². The van der Waals surface area contributed by atoms with Crippen LogP contribution in [0, 0.1) is 0 Å². The summed E-state index contributed by atoms with van der Waals surface area (Å²) in [7, 11) is 2.16. The Morgan fingerprint density at radius 3 is 2.94 bits per heavy atom. The number of rotatable bonds is 5. The van der Waals surface area contributed by atoms with Crippen LogP contribution in [0.3, 0.4) is 0 Å². The van der Waals surface area contributed by atoms with E-state index in [0.717, 1.165) is 23.8 Å². The van der Waals surface area contributed by atoms with E-state index >= 15 is 0 Å². The van der Waals surface area contributed by atoms with Crippen molar-refractivity contribution in [2.24, 2.45) is 0 Å². The first-order chi connectivity index (χ1) is 8.79. The van der Waals surface area contributed by atoms with Crippen LogP contribution in [0.4, 0.5) is 0 Å². The topological polar surface area (TPSA) is 41.1 Å². The average Bonchev–Trinajstić information content (AvgIpc) is 2.40. The summed E-state index contributed by atoms with van der Waals surface area (Å²) in [5, 5.41) is 4.62. The van der Waals surface area contributed by atoms with Crippen molar-refractivity contribution in [1.29, 1.82) is 0 Å². The lowest BCUT2D eigenvalue weighted by Gasteiger charge is -2.28. The van der Waals surface area contributed by atoms with Crippen LogP contribution in [0.15, 0.2) is 17.4 Å². The molecule has 0 spiro atoms. The third-order valence-corrected chi connectivity index (χ3v) is 4.02. The summed E-state index contributed by atoms with van der Waals surface area (Å²) in [6, 6.07) is 0.637.